The van der Waals surface area contributed by atoms with Crippen LogP contribution < -0.4 is 11.1 Å². The molecule has 0 radical (unpaired) electrons. The second-order valence-electron chi connectivity index (χ2n) is 4.34. The molecule has 1 aliphatic rings. The van der Waals surface area contributed by atoms with Crippen molar-refractivity contribution in [2.75, 3.05) is 11.1 Å². The number of rotatable bonds is 2. The van der Waals surface area contributed by atoms with Crippen molar-refractivity contribution in [2.45, 2.75) is 37.8 Å². The molecule has 2 unspecified atom stereocenters. The molecule has 4 heteroatoms. The van der Waals surface area contributed by atoms with Gasteiger partial charge in [-0.3, -0.25) is 0 Å². The number of anilines is 2. The van der Waals surface area contributed by atoms with E-state index in [0.717, 1.165) is 34.2 Å². The van der Waals surface area contributed by atoms with E-state index in [1.165, 1.54) is 6.42 Å². The van der Waals surface area contributed by atoms with Crippen LogP contribution in [0.1, 0.15) is 25.7 Å². The first-order chi connectivity index (χ1) is 7.66. The number of aliphatic hydroxyl groups is 1. The molecule has 0 aliphatic heterocycles. The number of hydrogen-bond acceptors (Lipinski definition) is 3. The molecule has 4 N–H and O–H groups in total. The van der Waals surface area contributed by atoms with Gasteiger partial charge < -0.3 is 16.2 Å². The van der Waals surface area contributed by atoms with E-state index in [1.54, 1.807) is 0 Å². The van der Waals surface area contributed by atoms with Crippen LogP contribution in [-0.4, -0.2) is 17.3 Å². The molecule has 0 amide bonds. The quantitative estimate of drug-likeness (QED) is 0.576. The van der Waals surface area contributed by atoms with E-state index in [-0.39, 0.29) is 12.1 Å². The van der Waals surface area contributed by atoms with E-state index in [0.29, 0.717) is 0 Å². The highest BCUT2D eigenvalue weighted by Crippen LogP contribution is 2.26. The Bertz CT molecular complexity index is 370. The zero-order valence-electron chi connectivity index (χ0n) is 9.12. The van der Waals surface area contributed by atoms with E-state index in [4.69, 9.17) is 5.73 Å². The third-order valence-corrected chi connectivity index (χ3v) is 3.96. The average Bonchev–Trinajstić information content (AvgIpc) is 2.25. The summed E-state index contributed by atoms with van der Waals surface area (Å²) in [7, 11) is 0. The Labute approximate surface area is 110 Å². The number of hydrogen-bond donors (Lipinski definition) is 3. The second kappa shape index (κ2) is 5.23. The lowest BCUT2D eigenvalue weighted by Crippen LogP contribution is -2.36. The van der Waals surface area contributed by atoms with Crippen LogP contribution in [0.15, 0.2) is 18.2 Å². The van der Waals surface area contributed by atoms with Crippen LogP contribution in [0.2, 0.25) is 0 Å². The van der Waals surface area contributed by atoms with Crippen LogP contribution in [0.25, 0.3) is 0 Å². The van der Waals surface area contributed by atoms with Crippen LogP contribution in [0.3, 0.4) is 0 Å². The van der Waals surface area contributed by atoms with Crippen LogP contribution in [-0.2, 0) is 0 Å². The second-order valence-corrected chi connectivity index (χ2v) is 5.50. The topological polar surface area (TPSA) is 58.3 Å². The summed E-state index contributed by atoms with van der Waals surface area (Å²) < 4.78 is 1.11. The number of nitrogens with one attached hydrogen (secondary N) is 1. The van der Waals surface area contributed by atoms with Gasteiger partial charge in [0.05, 0.1) is 12.1 Å². The van der Waals surface area contributed by atoms with Gasteiger partial charge in [-0.15, -0.1) is 0 Å². The standard InChI is InChI=1S/C12H17IN2O/c13-9-7-8(14)5-6-10(9)15-11-3-1-2-4-12(11)16/h5-7,11-12,15-16H,1-4,14H2. The third-order valence-electron chi connectivity index (χ3n) is 3.06. The van der Waals surface area contributed by atoms with Crippen LogP contribution in [0, 0.1) is 3.57 Å². The number of nitrogen functional groups attached to an aromatic ring is 1. The molecular weight excluding hydrogens is 315 g/mol. The van der Waals surface area contributed by atoms with Gasteiger partial charge in [0, 0.05) is 14.9 Å². The summed E-state index contributed by atoms with van der Waals surface area (Å²) >= 11 is 2.27. The molecule has 1 saturated carbocycles. The highest BCUT2D eigenvalue weighted by molar-refractivity contribution is 14.1. The van der Waals surface area contributed by atoms with Gasteiger partial charge >= 0.3 is 0 Å². The lowest BCUT2D eigenvalue weighted by Gasteiger charge is -2.29. The van der Waals surface area contributed by atoms with Crippen molar-refractivity contribution in [2.24, 2.45) is 0 Å². The third kappa shape index (κ3) is 2.79. The molecule has 2 atom stereocenters. The van der Waals surface area contributed by atoms with Crippen molar-refractivity contribution in [1.82, 2.24) is 0 Å². The molecule has 1 aromatic carbocycles. The fourth-order valence-electron chi connectivity index (χ4n) is 2.13. The Morgan fingerprint density at radius 1 is 1.31 bits per heavy atom. The Hall–Kier alpha value is -0.490. The number of halogens is 1. The molecule has 0 aromatic heterocycles. The van der Waals surface area contributed by atoms with E-state index < -0.39 is 0 Å². The molecule has 0 saturated heterocycles. The first kappa shape index (κ1) is 12.0. The number of nitrogens with two attached hydrogens (primary N) is 1. The minimum atomic E-state index is -0.220. The van der Waals surface area contributed by atoms with Crippen molar-refractivity contribution in [3.8, 4) is 0 Å². The lowest BCUT2D eigenvalue weighted by molar-refractivity contribution is 0.116. The maximum atomic E-state index is 9.89. The van der Waals surface area contributed by atoms with Gasteiger partial charge in [-0.1, -0.05) is 12.8 Å². The summed E-state index contributed by atoms with van der Waals surface area (Å²) in [6.45, 7) is 0. The first-order valence-electron chi connectivity index (χ1n) is 5.66. The smallest absolute Gasteiger partial charge is 0.0741 e. The number of benzene rings is 1. The van der Waals surface area contributed by atoms with E-state index >= 15 is 0 Å². The highest BCUT2D eigenvalue weighted by atomic mass is 127. The Morgan fingerprint density at radius 3 is 2.75 bits per heavy atom. The summed E-state index contributed by atoms with van der Waals surface area (Å²) in [5.74, 6) is 0. The molecule has 1 aliphatic carbocycles. The highest BCUT2D eigenvalue weighted by Gasteiger charge is 2.23. The minimum Gasteiger partial charge on any atom is -0.399 e. The monoisotopic (exact) mass is 332 g/mol. The fraction of sp³-hybridized carbons (Fsp3) is 0.500. The van der Waals surface area contributed by atoms with Crippen molar-refractivity contribution in [3.05, 3.63) is 21.8 Å². The van der Waals surface area contributed by atoms with E-state index in [9.17, 15) is 5.11 Å². The molecule has 3 nitrogen and oxygen atoms in total. The predicted octanol–water partition coefficient (Wildman–Crippen LogP) is 2.59. The molecule has 1 aromatic rings. The summed E-state index contributed by atoms with van der Waals surface area (Å²) in [6, 6.07) is 6.00. The van der Waals surface area contributed by atoms with Crippen molar-refractivity contribution < 1.29 is 5.11 Å². The predicted molar refractivity (Wildman–Crippen MR) is 75.5 cm³/mol. The number of aliphatic hydroxyl groups excluding tert-OH is 1. The van der Waals surface area contributed by atoms with Crippen LogP contribution >= 0.6 is 22.6 Å². The lowest BCUT2D eigenvalue weighted by atomic mass is 9.92. The largest absolute Gasteiger partial charge is 0.399 e. The molecule has 1 fully saturated rings. The molecule has 2 rings (SSSR count). The molecule has 0 spiro atoms. The zero-order chi connectivity index (χ0) is 11.5. The van der Waals surface area contributed by atoms with Gasteiger partial charge in [-0.2, -0.15) is 0 Å². The average molecular weight is 332 g/mol. The van der Waals surface area contributed by atoms with Crippen LogP contribution in [0.4, 0.5) is 11.4 Å². The SMILES string of the molecule is Nc1ccc(NC2CCCCC2O)c(I)c1. The maximum Gasteiger partial charge on any atom is 0.0741 e. The van der Waals surface area contributed by atoms with E-state index in [2.05, 4.69) is 27.9 Å². The Balaban J connectivity index is 2.07. The van der Waals surface area contributed by atoms with Gasteiger partial charge in [0.2, 0.25) is 0 Å². The summed E-state index contributed by atoms with van der Waals surface area (Å²) in [4.78, 5) is 0. The first-order valence-corrected chi connectivity index (χ1v) is 6.74. The normalized spacial score (nSPS) is 25.4. The molecular formula is C12H17IN2O. The fourth-order valence-corrected chi connectivity index (χ4v) is 2.82. The molecule has 88 valence electrons. The zero-order valence-corrected chi connectivity index (χ0v) is 11.3. The van der Waals surface area contributed by atoms with Gasteiger partial charge in [0.15, 0.2) is 0 Å². The Morgan fingerprint density at radius 2 is 2.06 bits per heavy atom. The molecule has 0 heterocycles. The van der Waals surface area contributed by atoms with Gasteiger partial charge in [0.25, 0.3) is 0 Å². The Kier molecular flexibility index (Phi) is 3.91. The van der Waals surface area contributed by atoms with Crippen molar-refractivity contribution in [1.29, 1.82) is 0 Å². The van der Waals surface area contributed by atoms with Crippen molar-refractivity contribution in [3.63, 3.8) is 0 Å². The summed E-state index contributed by atoms with van der Waals surface area (Å²) in [5, 5.41) is 13.3. The van der Waals surface area contributed by atoms with E-state index in [1.807, 2.05) is 18.2 Å². The summed E-state index contributed by atoms with van der Waals surface area (Å²) in [5.41, 5.74) is 7.55. The molecule has 16 heavy (non-hydrogen) atoms. The van der Waals surface area contributed by atoms with Gasteiger partial charge in [-0.05, 0) is 53.6 Å². The van der Waals surface area contributed by atoms with Crippen LogP contribution in [0.5, 0.6) is 0 Å². The van der Waals surface area contributed by atoms with Gasteiger partial charge in [0.1, 0.15) is 0 Å². The van der Waals surface area contributed by atoms with Gasteiger partial charge in [-0.25, -0.2) is 0 Å². The maximum absolute atomic E-state index is 9.89. The summed E-state index contributed by atoms with van der Waals surface area (Å²) in [6.07, 6.45) is 4.06. The minimum absolute atomic E-state index is 0.186. The van der Waals surface area contributed by atoms with Crippen molar-refractivity contribution >= 4 is 34.0 Å². The molecule has 0 bridgehead atoms.